The number of amides is 1. The molecule has 2 aromatic carbocycles. The second kappa shape index (κ2) is 9.51. The van der Waals surface area contributed by atoms with Gasteiger partial charge in [0.15, 0.2) is 0 Å². The lowest BCUT2D eigenvalue weighted by Gasteiger charge is -2.26. The maximum absolute atomic E-state index is 14.4. The van der Waals surface area contributed by atoms with Crippen molar-refractivity contribution >= 4 is 11.9 Å². The molecule has 7 nitrogen and oxygen atoms in total. The summed E-state index contributed by atoms with van der Waals surface area (Å²) in [6.45, 7) is 5.52. The number of esters is 1. The van der Waals surface area contributed by atoms with Crippen LogP contribution in [0.25, 0.3) is 5.69 Å². The second-order valence-electron chi connectivity index (χ2n) is 7.43. The summed E-state index contributed by atoms with van der Waals surface area (Å²) in [6, 6.07) is 14.6. The van der Waals surface area contributed by atoms with Crippen LogP contribution in [0, 0.1) is 5.82 Å². The number of nitrogens with zero attached hydrogens (tertiary/aromatic N) is 4. The number of carbonyl (C=O) groups is 2. The van der Waals surface area contributed by atoms with E-state index in [4.69, 9.17) is 4.74 Å². The summed E-state index contributed by atoms with van der Waals surface area (Å²) >= 11 is 0. The molecule has 31 heavy (non-hydrogen) atoms. The summed E-state index contributed by atoms with van der Waals surface area (Å²) in [7, 11) is 1.27. The average Bonchev–Trinajstić information content (AvgIpc) is 3.22. The lowest BCUT2D eigenvalue weighted by atomic mass is 10.1. The zero-order valence-electron chi connectivity index (χ0n) is 17.9. The fraction of sp³-hybridized carbons (Fsp3) is 0.304. The summed E-state index contributed by atoms with van der Waals surface area (Å²) in [5, 5.41) is 4.31. The Morgan fingerprint density at radius 2 is 1.71 bits per heavy atom. The molecule has 0 spiro atoms. The zero-order chi connectivity index (χ0) is 22.5. The molecule has 1 heterocycles. The van der Waals surface area contributed by atoms with Crippen LogP contribution in [0.15, 0.2) is 54.6 Å². The predicted molar refractivity (Wildman–Crippen MR) is 113 cm³/mol. The first-order valence-electron chi connectivity index (χ1n) is 9.98. The molecule has 1 atom stereocenters. The van der Waals surface area contributed by atoms with Gasteiger partial charge < -0.3 is 9.64 Å². The molecule has 162 valence electrons. The van der Waals surface area contributed by atoms with Gasteiger partial charge in [0.25, 0.3) is 5.91 Å². The summed E-state index contributed by atoms with van der Waals surface area (Å²) in [4.78, 5) is 31.4. The number of methoxy groups -OCH3 is 1. The van der Waals surface area contributed by atoms with Crippen molar-refractivity contribution in [1.82, 2.24) is 19.7 Å². The quantitative estimate of drug-likeness (QED) is 0.540. The van der Waals surface area contributed by atoms with Gasteiger partial charge in [-0.15, -0.1) is 5.10 Å². The van der Waals surface area contributed by atoms with Crippen molar-refractivity contribution in [1.29, 1.82) is 0 Å². The predicted octanol–water partition coefficient (Wildman–Crippen LogP) is 3.73. The number of rotatable bonds is 7. The van der Waals surface area contributed by atoms with Gasteiger partial charge in [0.2, 0.25) is 5.82 Å². The van der Waals surface area contributed by atoms with Crippen LogP contribution in [0.5, 0.6) is 0 Å². The smallest absolute Gasteiger partial charge is 0.328 e. The summed E-state index contributed by atoms with van der Waals surface area (Å²) < 4.78 is 20.6. The highest BCUT2D eigenvalue weighted by Gasteiger charge is 2.31. The third-order valence-corrected chi connectivity index (χ3v) is 4.89. The van der Waals surface area contributed by atoms with E-state index in [0.717, 1.165) is 5.56 Å². The van der Waals surface area contributed by atoms with Crippen LogP contribution in [0.2, 0.25) is 0 Å². The first-order chi connectivity index (χ1) is 14.8. The van der Waals surface area contributed by atoms with E-state index in [0.29, 0.717) is 5.82 Å². The Hall–Kier alpha value is -3.55. The Kier molecular flexibility index (Phi) is 6.79. The van der Waals surface area contributed by atoms with E-state index >= 15 is 0 Å². The highest BCUT2D eigenvalue weighted by atomic mass is 19.1. The van der Waals surface area contributed by atoms with Gasteiger partial charge in [-0.2, -0.15) is 0 Å². The van der Waals surface area contributed by atoms with Gasteiger partial charge in [0.05, 0.1) is 7.11 Å². The SMILES string of the molecule is COC(=O)C(C)N(Cc1ccccc1)C(=O)c1nc(C(C)C)n(-c2ccccc2F)n1. The molecule has 0 aliphatic rings. The topological polar surface area (TPSA) is 77.3 Å². The molecule has 3 aromatic rings. The van der Waals surface area contributed by atoms with Crippen molar-refractivity contribution < 1.29 is 18.7 Å². The number of halogens is 1. The molecule has 0 saturated carbocycles. The minimum absolute atomic E-state index is 0.112. The molecular formula is C23H25FN4O3. The van der Waals surface area contributed by atoms with Crippen molar-refractivity contribution in [3.8, 4) is 5.69 Å². The molecular weight excluding hydrogens is 399 g/mol. The standard InChI is InChI=1S/C23H25FN4O3/c1-15(2)21-25-20(26-28(21)19-13-9-8-12-18(19)24)22(29)27(16(3)23(30)31-4)14-17-10-6-5-7-11-17/h5-13,15-16H,14H2,1-4H3. The van der Waals surface area contributed by atoms with E-state index < -0.39 is 23.7 Å². The van der Waals surface area contributed by atoms with E-state index in [1.54, 1.807) is 25.1 Å². The van der Waals surface area contributed by atoms with Gasteiger partial charge in [-0.05, 0) is 24.6 Å². The Balaban J connectivity index is 2.03. The molecule has 3 rings (SSSR count). The molecule has 1 aromatic heterocycles. The molecule has 0 radical (unpaired) electrons. The van der Waals surface area contributed by atoms with Crippen molar-refractivity contribution in [2.75, 3.05) is 7.11 Å². The van der Waals surface area contributed by atoms with Crippen molar-refractivity contribution in [3.05, 3.63) is 77.6 Å². The van der Waals surface area contributed by atoms with Crippen LogP contribution < -0.4 is 0 Å². The zero-order valence-corrected chi connectivity index (χ0v) is 17.9. The molecule has 0 N–H and O–H groups in total. The van der Waals surface area contributed by atoms with E-state index in [2.05, 4.69) is 10.1 Å². The highest BCUT2D eigenvalue weighted by molar-refractivity contribution is 5.93. The third-order valence-electron chi connectivity index (χ3n) is 4.89. The Bertz CT molecular complexity index is 1070. The number of carbonyl (C=O) groups excluding carboxylic acids is 2. The van der Waals surface area contributed by atoms with Crippen molar-refractivity contribution in [2.45, 2.75) is 39.3 Å². The maximum Gasteiger partial charge on any atom is 0.328 e. The van der Waals surface area contributed by atoms with Gasteiger partial charge >= 0.3 is 5.97 Å². The fourth-order valence-electron chi connectivity index (χ4n) is 3.18. The summed E-state index contributed by atoms with van der Waals surface area (Å²) in [5.41, 5.74) is 1.04. The van der Waals surface area contributed by atoms with Crippen LogP contribution in [0.4, 0.5) is 4.39 Å². The highest BCUT2D eigenvalue weighted by Crippen LogP contribution is 2.21. The molecule has 0 aliphatic carbocycles. The van der Waals surface area contributed by atoms with Crippen LogP contribution in [-0.2, 0) is 16.1 Å². The second-order valence-corrected chi connectivity index (χ2v) is 7.43. The number of aromatic nitrogens is 3. The van der Waals surface area contributed by atoms with E-state index in [-0.39, 0.29) is 24.0 Å². The lowest BCUT2D eigenvalue weighted by molar-refractivity contribution is -0.145. The molecule has 0 fully saturated rings. The number of para-hydroxylation sites is 1. The lowest BCUT2D eigenvalue weighted by Crippen LogP contribution is -2.43. The van der Waals surface area contributed by atoms with Crippen molar-refractivity contribution in [3.63, 3.8) is 0 Å². The fourth-order valence-corrected chi connectivity index (χ4v) is 3.18. The number of hydrogen-bond acceptors (Lipinski definition) is 5. The van der Waals surface area contributed by atoms with Crippen LogP contribution in [0.3, 0.4) is 0 Å². The minimum Gasteiger partial charge on any atom is -0.467 e. The summed E-state index contributed by atoms with van der Waals surface area (Å²) in [6.07, 6.45) is 0. The molecule has 1 amide bonds. The summed E-state index contributed by atoms with van der Waals surface area (Å²) in [5.74, 6) is -1.36. The number of ether oxygens (including phenoxy) is 1. The van der Waals surface area contributed by atoms with Crippen LogP contribution >= 0.6 is 0 Å². The van der Waals surface area contributed by atoms with Gasteiger partial charge in [-0.1, -0.05) is 56.3 Å². The minimum atomic E-state index is -0.861. The van der Waals surface area contributed by atoms with Gasteiger partial charge in [-0.25, -0.2) is 18.9 Å². The Morgan fingerprint density at radius 1 is 1.06 bits per heavy atom. The first-order valence-corrected chi connectivity index (χ1v) is 9.98. The Labute approximate surface area is 180 Å². The van der Waals surface area contributed by atoms with Crippen molar-refractivity contribution in [2.24, 2.45) is 0 Å². The van der Waals surface area contributed by atoms with E-state index in [1.165, 1.54) is 22.8 Å². The molecule has 8 heteroatoms. The number of hydrogen-bond donors (Lipinski definition) is 0. The average molecular weight is 424 g/mol. The molecule has 1 unspecified atom stereocenters. The normalized spacial score (nSPS) is 11.9. The molecule has 0 aliphatic heterocycles. The van der Waals surface area contributed by atoms with Gasteiger partial charge in [-0.3, -0.25) is 4.79 Å². The monoisotopic (exact) mass is 424 g/mol. The molecule has 0 saturated heterocycles. The maximum atomic E-state index is 14.4. The van der Waals surface area contributed by atoms with Gasteiger partial charge in [0.1, 0.15) is 23.4 Å². The number of benzene rings is 2. The first kappa shape index (κ1) is 22.1. The molecule has 0 bridgehead atoms. The third kappa shape index (κ3) is 4.79. The van der Waals surface area contributed by atoms with Crippen LogP contribution in [-0.4, -0.2) is 44.7 Å². The largest absolute Gasteiger partial charge is 0.467 e. The van der Waals surface area contributed by atoms with E-state index in [1.807, 2.05) is 44.2 Å². The van der Waals surface area contributed by atoms with E-state index in [9.17, 15) is 14.0 Å². The van der Waals surface area contributed by atoms with Crippen LogP contribution in [0.1, 0.15) is 48.7 Å². The Morgan fingerprint density at radius 3 is 2.32 bits per heavy atom. The van der Waals surface area contributed by atoms with Gasteiger partial charge in [0, 0.05) is 12.5 Å².